The Morgan fingerprint density at radius 1 is 1.26 bits per heavy atom. The Morgan fingerprint density at radius 2 is 1.95 bits per heavy atom. The van der Waals surface area contributed by atoms with Crippen LogP contribution in [0.1, 0.15) is 18.4 Å². The maximum absolute atomic E-state index is 11.6. The third-order valence-corrected chi connectivity index (χ3v) is 3.38. The fourth-order valence-electron chi connectivity index (χ4n) is 2.31. The lowest BCUT2D eigenvalue weighted by Crippen LogP contribution is -2.37. The van der Waals surface area contributed by atoms with Gasteiger partial charge in [0.25, 0.3) is 5.91 Å². The molecule has 0 saturated heterocycles. The monoisotopic (exact) mass is 253 g/mol. The lowest BCUT2D eigenvalue weighted by atomic mass is 9.85. The summed E-state index contributed by atoms with van der Waals surface area (Å²) in [7, 11) is 0. The van der Waals surface area contributed by atoms with E-state index in [0.717, 1.165) is 16.3 Å². The van der Waals surface area contributed by atoms with Gasteiger partial charge >= 0.3 is 0 Å². The smallest absolute Gasteiger partial charge is 0.251 e. The van der Waals surface area contributed by atoms with Gasteiger partial charge in [0.05, 0.1) is 6.07 Å². The van der Waals surface area contributed by atoms with Crippen LogP contribution < -0.4 is 11.3 Å². The standard InChI is InChI=1S/C15H15N3O/c1-10(14(9-16)15(19)18-17)12-8-4-6-11-5-2-3-7-13(11)12/h2-8,10,14H,17H2,1H3,(H,18,19). The van der Waals surface area contributed by atoms with Gasteiger partial charge in [-0.25, -0.2) is 5.84 Å². The largest absolute Gasteiger partial charge is 0.293 e. The summed E-state index contributed by atoms with van der Waals surface area (Å²) in [5.74, 6) is 3.65. The molecule has 3 N–H and O–H groups in total. The van der Waals surface area contributed by atoms with Crippen molar-refractivity contribution in [2.24, 2.45) is 11.8 Å². The van der Waals surface area contributed by atoms with Crippen LogP contribution in [0.4, 0.5) is 0 Å². The molecule has 0 aliphatic carbocycles. The average molecular weight is 253 g/mol. The van der Waals surface area contributed by atoms with Crippen molar-refractivity contribution in [1.29, 1.82) is 5.26 Å². The summed E-state index contributed by atoms with van der Waals surface area (Å²) < 4.78 is 0. The highest BCUT2D eigenvalue weighted by Gasteiger charge is 2.26. The van der Waals surface area contributed by atoms with E-state index in [2.05, 4.69) is 5.43 Å². The fourth-order valence-corrected chi connectivity index (χ4v) is 2.31. The van der Waals surface area contributed by atoms with Gasteiger partial charge in [-0.1, -0.05) is 49.4 Å². The molecular formula is C15H15N3O. The Hall–Kier alpha value is -2.38. The summed E-state index contributed by atoms with van der Waals surface area (Å²) in [5, 5.41) is 11.3. The van der Waals surface area contributed by atoms with Crippen LogP contribution in [0, 0.1) is 17.2 Å². The van der Waals surface area contributed by atoms with Gasteiger partial charge in [0.1, 0.15) is 5.92 Å². The fraction of sp³-hybridized carbons (Fsp3) is 0.200. The van der Waals surface area contributed by atoms with Crippen molar-refractivity contribution in [1.82, 2.24) is 5.43 Å². The molecule has 4 nitrogen and oxygen atoms in total. The molecule has 0 aliphatic heterocycles. The highest BCUT2D eigenvalue weighted by molar-refractivity contribution is 5.88. The Balaban J connectivity index is 2.49. The zero-order chi connectivity index (χ0) is 13.8. The molecule has 0 bridgehead atoms. The first kappa shape index (κ1) is 13.1. The number of hydrazine groups is 1. The molecule has 0 spiro atoms. The molecule has 0 aliphatic rings. The lowest BCUT2D eigenvalue weighted by molar-refractivity contribution is -0.123. The minimum absolute atomic E-state index is 0.223. The third kappa shape index (κ3) is 2.42. The van der Waals surface area contributed by atoms with Gasteiger partial charge in [0.15, 0.2) is 0 Å². The van der Waals surface area contributed by atoms with Crippen LogP contribution in [-0.4, -0.2) is 5.91 Å². The Bertz CT molecular complexity index is 640. The molecule has 19 heavy (non-hydrogen) atoms. The van der Waals surface area contributed by atoms with E-state index in [1.807, 2.05) is 55.5 Å². The van der Waals surface area contributed by atoms with Crippen LogP contribution in [0.2, 0.25) is 0 Å². The van der Waals surface area contributed by atoms with Gasteiger partial charge in [0.2, 0.25) is 0 Å². The van der Waals surface area contributed by atoms with E-state index in [-0.39, 0.29) is 5.92 Å². The van der Waals surface area contributed by atoms with Gasteiger partial charge in [-0.05, 0) is 16.3 Å². The molecule has 1 amide bonds. The predicted octanol–water partition coefficient (Wildman–Crippen LogP) is 2.07. The number of carbonyl (C=O) groups excluding carboxylic acids is 1. The van der Waals surface area contributed by atoms with E-state index in [1.165, 1.54) is 0 Å². The number of nitrogens with two attached hydrogens (primary N) is 1. The zero-order valence-corrected chi connectivity index (χ0v) is 10.6. The molecule has 2 aromatic carbocycles. The second kappa shape index (κ2) is 5.51. The Morgan fingerprint density at radius 3 is 2.63 bits per heavy atom. The number of amides is 1. The summed E-state index contributed by atoms with van der Waals surface area (Å²) in [4.78, 5) is 11.6. The first-order valence-corrected chi connectivity index (χ1v) is 6.06. The molecule has 0 heterocycles. The number of benzene rings is 2. The average Bonchev–Trinajstić information content (AvgIpc) is 2.47. The first-order chi connectivity index (χ1) is 9.19. The zero-order valence-electron chi connectivity index (χ0n) is 10.6. The number of carbonyl (C=O) groups is 1. The highest BCUT2D eigenvalue weighted by Crippen LogP contribution is 2.30. The number of nitrogens with one attached hydrogen (secondary N) is 1. The molecule has 2 aromatic rings. The van der Waals surface area contributed by atoms with Crippen molar-refractivity contribution in [3.63, 3.8) is 0 Å². The van der Waals surface area contributed by atoms with Gasteiger partial charge in [-0.2, -0.15) is 5.26 Å². The maximum atomic E-state index is 11.6. The minimum atomic E-state index is -0.796. The normalized spacial score (nSPS) is 13.5. The van der Waals surface area contributed by atoms with E-state index in [0.29, 0.717) is 0 Å². The number of hydrogen-bond donors (Lipinski definition) is 2. The molecule has 0 saturated carbocycles. The molecule has 2 unspecified atom stereocenters. The van der Waals surface area contributed by atoms with Crippen molar-refractivity contribution < 1.29 is 4.79 Å². The van der Waals surface area contributed by atoms with Crippen molar-refractivity contribution in [2.45, 2.75) is 12.8 Å². The summed E-state index contributed by atoms with van der Waals surface area (Å²) >= 11 is 0. The summed E-state index contributed by atoms with van der Waals surface area (Å²) in [6, 6.07) is 15.8. The number of nitrogens with zero attached hydrogens (tertiary/aromatic N) is 1. The van der Waals surface area contributed by atoms with Gasteiger partial charge in [-0.3, -0.25) is 10.2 Å². The quantitative estimate of drug-likeness (QED) is 0.499. The van der Waals surface area contributed by atoms with Gasteiger partial charge < -0.3 is 0 Å². The molecule has 96 valence electrons. The first-order valence-electron chi connectivity index (χ1n) is 6.06. The van der Waals surface area contributed by atoms with Crippen molar-refractivity contribution in [3.05, 3.63) is 48.0 Å². The maximum Gasteiger partial charge on any atom is 0.251 e. The Labute approximate surface area is 111 Å². The van der Waals surface area contributed by atoms with Gasteiger partial charge in [-0.15, -0.1) is 0 Å². The predicted molar refractivity (Wildman–Crippen MR) is 73.8 cm³/mol. The van der Waals surface area contributed by atoms with E-state index in [1.54, 1.807) is 0 Å². The molecule has 4 heteroatoms. The summed E-state index contributed by atoms with van der Waals surface area (Å²) in [6.45, 7) is 1.87. The van der Waals surface area contributed by atoms with E-state index in [9.17, 15) is 4.79 Å². The minimum Gasteiger partial charge on any atom is -0.293 e. The number of hydrogen-bond acceptors (Lipinski definition) is 3. The SMILES string of the molecule is CC(c1cccc2ccccc12)C(C#N)C(=O)NN. The van der Waals surface area contributed by atoms with Crippen LogP contribution in [0.3, 0.4) is 0 Å². The lowest BCUT2D eigenvalue weighted by Gasteiger charge is -2.18. The molecule has 0 fully saturated rings. The van der Waals surface area contributed by atoms with E-state index >= 15 is 0 Å². The van der Waals surface area contributed by atoms with Crippen LogP contribution >= 0.6 is 0 Å². The summed E-state index contributed by atoms with van der Waals surface area (Å²) in [6.07, 6.45) is 0. The second-order valence-electron chi connectivity index (χ2n) is 4.47. The van der Waals surface area contributed by atoms with E-state index < -0.39 is 11.8 Å². The molecule has 0 aromatic heterocycles. The summed E-state index contributed by atoms with van der Waals surface area (Å²) in [5.41, 5.74) is 3.03. The number of nitriles is 1. The highest BCUT2D eigenvalue weighted by atomic mass is 16.2. The van der Waals surface area contributed by atoms with Crippen molar-refractivity contribution >= 4 is 16.7 Å². The van der Waals surface area contributed by atoms with Crippen molar-refractivity contribution in [3.8, 4) is 6.07 Å². The third-order valence-electron chi connectivity index (χ3n) is 3.38. The van der Waals surface area contributed by atoms with Gasteiger partial charge in [0, 0.05) is 5.92 Å². The van der Waals surface area contributed by atoms with Crippen LogP contribution in [-0.2, 0) is 4.79 Å². The number of fused-ring (bicyclic) bond motifs is 1. The molecule has 2 rings (SSSR count). The van der Waals surface area contributed by atoms with Crippen LogP contribution in [0.5, 0.6) is 0 Å². The Kier molecular flexibility index (Phi) is 3.79. The second-order valence-corrected chi connectivity index (χ2v) is 4.47. The number of rotatable bonds is 3. The molecular weight excluding hydrogens is 238 g/mol. The van der Waals surface area contributed by atoms with Crippen LogP contribution in [0.25, 0.3) is 10.8 Å². The molecule has 2 atom stereocenters. The van der Waals surface area contributed by atoms with Crippen molar-refractivity contribution in [2.75, 3.05) is 0 Å². The topological polar surface area (TPSA) is 78.9 Å². The van der Waals surface area contributed by atoms with Crippen LogP contribution in [0.15, 0.2) is 42.5 Å². The molecule has 0 radical (unpaired) electrons. The van der Waals surface area contributed by atoms with E-state index in [4.69, 9.17) is 11.1 Å².